The molecule has 0 N–H and O–H groups in total. The summed E-state index contributed by atoms with van der Waals surface area (Å²) >= 11 is 0. The molecule has 33 heavy (non-hydrogen) atoms. The quantitative estimate of drug-likeness (QED) is 0.588. The van der Waals surface area contributed by atoms with E-state index < -0.39 is 11.7 Å². The van der Waals surface area contributed by atoms with Crippen LogP contribution >= 0.6 is 0 Å². The number of furan rings is 1. The molecule has 1 amide bonds. The van der Waals surface area contributed by atoms with Gasteiger partial charge >= 0.3 is 6.18 Å². The molecule has 10 heteroatoms. The Hall–Kier alpha value is -3.30. The van der Waals surface area contributed by atoms with Crippen LogP contribution in [-0.2, 0) is 12.7 Å². The van der Waals surface area contributed by atoms with Crippen molar-refractivity contribution in [2.24, 2.45) is 5.92 Å². The molecule has 0 unspecified atom stereocenters. The predicted molar refractivity (Wildman–Crippen MR) is 117 cm³/mol. The van der Waals surface area contributed by atoms with E-state index in [1.165, 1.54) is 17.0 Å². The normalized spacial score (nSPS) is 15.0. The first-order valence-corrected chi connectivity index (χ1v) is 10.8. The van der Waals surface area contributed by atoms with Crippen LogP contribution in [0.15, 0.2) is 39.8 Å². The predicted octanol–water partition coefficient (Wildman–Crippen LogP) is 3.94. The zero-order valence-electron chi connectivity index (χ0n) is 18.6. The average Bonchev–Trinajstić information content (AvgIpc) is 3.11. The molecule has 0 aliphatic carbocycles. The van der Waals surface area contributed by atoms with Gasteiger partial charge in [-0.1, -0.05) is 19.9 Å². The lowest BCUT2D eigenvalue weighted by Crippen LogP contribution is -2.49. The zero-order chi connectivity index (χ0) is 23.9. The largest absolute Gasteiger partial charge is 0.442 e. The Bertz CT molecular complexity index is 1240. The van der Waals surface area contributed by atoms with Gasteiger partial charge in [-0.05, 0) is 31.0 Å². The lowest BCUT2D eigenvalue weighted by atomic mass is 10.1. The minimum atomic E-state index is -4.41. The monoisotopic (exact) mass is 462 g/mol. The maximum absolute atomic E-state index is 13.3. The molecule has 0 radical (unpaired) electrons. The number of carbonyl (C=O) groups excluding carboxylic acids is 1. The van der Waals surface area contributed by atoms with Crippen molar-refractivity contribution in [1.82, 2.24) is 14.5 Å². The number of hydrogen-bond donors (Lipinski definition) is 0. The summed E-state index contributed by atoms with van der Waals surface area (Å²) in [7, 11) is 0. The number of aryl methyl sites for hydroxylation is 1. The van der Waals surface area contributed by atoms with Gasteiger partial charge in [-0.15, -0.1) is 0 Å². The SMILES string of the molecule is Cc1oc2ncn(CC(C)C)c(=O)c2c1C(=O)N1CCN(c2cccc(C(F)(F)F)c2)CC1. The third-order valence-electron chi connectivity index (χ3n) is 5.74. The molecule has 2 aromatic heterocycles. The number of benzene rings is 1. The minimum absolute atomic E-state index is 0.128. The average molecular weight is 462 g/mol. The first-order chi connectivity index (χ1) is 15.6. The highest BCUT2D eigenvalue weighted by molar-refractivity contribution is 6.06. The summed E-state index contributed by atoms with van der Waals surface area (Å²) in [5.41, 5.74) is -0.236. The van der Waals surface area contributed by atoms with Gasteiger partial charge < -0.3 is 14.2 Å². The number of piperazine rings is 1. The fraction of sp³-hybridized carbons (Fsp3) is 0.435. The molecule has 0 bridgehead atoms. The number of alkyl halides is 3. The van der Waals surface area contributed by atoms with E-state index in [2.05, 4.69) is 4.98 Å². The molecule has 176 valence electrons. The molecule has 1 aromatic carbocycles. The van der Waals surface area contributed by atoms with E-state index in [0.29, 0.717) is 44.2 Å². The molecule has 3 aromatic rings. The second kappa shape index (κ2) is 8.57. The van der Waals surface area contributed by atoms with Crippen molar-refractivity contribution in [3.8, 4) is 0 Å². The van der Waals surface area contributed by atoms with E-state index in [1.807, 2.05) is 18.7 Å². The summed E-state index contributed by atoms with van der Waals surface area (Å²) in [5.74, 6) is 0.205. The van der Waals surface area contributed by atoms with Crippen LogP contribution in [0.25, 0.3) is 11.1 Å². The Morgan fingerprint density at radius 1 is 1.18 bits per heavy atom. The first-order valence-electron chi connectivity index (χ1n) is 10.8. The smallest absolute Gasteiger partial charge is 0.416 e. The maximum Gasteiger partial charge on any atom is 0.416 e. The van der Waals surface area contributed by atoms with Crippen LogP contribution in [0.3, 0.4) is 0 Å². The molecule has 1 aliphatic rings. The lowest BCUT2D eigenvalue weighted by molar-refractivity contribution is -0.137. The topological polar surface area (TPSA) is 71.6 Å². The second-order valence-electron chi connectivity index (χ2n) is 8.64. The van der Waals surface area contributed by atoms with Crippen LogP contribution in [-0.4, -0.2) is 46.5 Å². The minimum Gasteiger partial charge on any atom is -0.442 e. The number of aromatic nitrogens is 2. The summed E-state index contributed by atoms with van der Waals surface area (Å²) in [4.78, 5) is 34.0. The molecule has 1 fully saturated rings. The zero-order valence-corrected chi connectivity index (χ0v) is 18.6. The van der Waals surface area contributed by atoms with Crippen LogP contribution < -0.4 is 10.5 Å². The van der Waals surface area contributed by atoms with E-state index in [4.69, 9.17) is 4.42 Å². The number of nitrogens with zero attached hydrogens (tertiary/aromatic N) is 4. The van der Waals surface area contributed by atoms with Crippen molar-refractivity contribution >= 4 is 22.7 Å². The second-order valence-corrected chi connectivity index (χ2v) is 8.64. The highest BCUT2D eigenvalue weighted by Crippen LogP contribution is 2.32. The highest BCUT2D eigenvalue weighted by atomic mass is 19.4. The van der Waals surface area contributed by atoms with Crippen molar-refractivity contribution in [2.75, 3.05) is 31.1 Å². The fourth-order valence-electron chi connectivity index (χ4n) is 4.12. The van der Waals surface area contributed by atoms with Gasteiger partial charge in [-0.25, -0.2) is 4.98 Å². The Labute approximate surface area is 188 Å². The van der Waals surface area contributed by atoms with Gasteiger partial charge in [-0.2, -0.15) is 13.2 Å². The molecule has 1 saturated heterocycles. The van der Waals surface area contributed by atoms with E-state index in [9.17, 15) is 22.8 Å². The van der Waals surface area contributed by atoms with Gasteiger partial charge in [0.05, 0.1) is 11.1 Å². The van der Waals surface area contributed by atoms with Crippen molar-refractivity contribution < 1.29 is 22.4 Å². The fourth-order valence-corrected chi connectivity index (χ4v) is 4.12. The number of fused-ring (bicyclic) bond motifs is 1. The number of carbonyl (C=O) groups is 1. The van der Waals surface area contributed by atoms with Gasteiger partial charge in [0, 0.05) is 38.4 Å². The summed E-state index contributed by atoms with van der Waals surface area (Å²) in [6, 6.07) is 5.17. The van der Waals surface area contributed by atoms with Gasteiger partial charge in [-0.3, -0.25) is 14.2 Å². The van der Waals surface area contributed by atoms with Crippen LogP contribution in [0.5, 0.6) is 0 Å². The molecule has 0 saturated carbocycles. The van der Waals surface area contributed by atoms with Crippen molar-refractivity contribution in [1.29, 1.82) is 0 Å². The van der Waals surface area contributed by atoms with Gasteiger partial charge in [0.25, 0.3) is 11.5 Å². The van der Waals surface area contributed by atoms with Gasteiger partial charge in [0.15, 0.2) is 0 Å². The standard InChI is InChI=1S/C23H25F3N4O3/c1-14(2)12-30-13-27-20-19(22(30)32)18(15(3)33-20)21(31)29-9-7-28(8-10-29)17-6-4-5-16(11-17)23(24,25)26/h4-6,11,13-14H,7-10,12H2,1-3H3. The summed E-state index contributed by atoms with van der Waals surface area (Å²) < 4.78 is 46.2. The van der Waals surface area contributed by atoms with Gasteiger partial charge in [0.1, 0.15) is 17.5 Å². The molecule has 4 rings (SSSR count). The van der Waals surface area contributed by atoms with Crippen molar-refractivity contribution in [3.05, 3.63) is 57.8 Å². The third-order valence-corrected chi connectivity index (χ3v) is 5.74. The van der Waals surface area contributed by atoms with E-state index >= 15 is 0 Å². The number of hydrogen-bond acceptors (Lipinski definition) is 5. The first kappa shape index (κ1) is 22.9. The molecule has 1 aliphatic heterocycles. The molecule has 0 spiro atoms. The maximum atomic E-state index is 13.3. The number of amides is 1. The molecule has 0 atom stereocenters. The molecule has 3 heterocycles. The number of rotatable bonds is 4. The highest BCUT2D eigenvalue weighted by Gasteiger charge is 2.32. The van der Waals surface area contributed by atoms with Crippen LogP contribution in [0, 0.1) is 12.8 Å². The lowest BCUT2D eigenvalue weighted by Gasteiger charge is -2.36. The van der Waals surface area contributed by atoms with E-state index in [0.717, 1.165) is 12.1 Å². The third kappa shape index (κ3) is 4.46. The van der Waals surface area contributed by atoms with Crippen molar-refractivity contribution in [2.45, 2.75) is 33.5 Å². The summed E-state index contributed by atoms with van der Waals surface area (Å²) in [6.45, 7) is 7.41. The summed E-state index contributed by atoms with van der Waals surface area (Å²) in [5, 5.41) is 0.168. The Morgan fingerprint density at radius 3 is 2.52 bits per heavy atom. The van der Waals surface area contributed by atoms with Crippen LogP contribution in [0.4, 0.5) is 18.9 Å². The van der Waals surface area contributed by atoms with Crippen molar-refractivity contribution in [3.63, 3.8) is 0 Å². The van der Waals surface area contributed by atoms with Gasteiger partial charge in [0.2, 0.25) is 5.71 Å². The number of halogens is 3. The Kier molecular flexibility index (Phi) is 5.94. The summed E-state index contributed by atoms with van der Waals surface area (Å²) in [6.07, 6.45) is -2.99. The molecular formula is C23H25F3N4O3. The number of anilines is 1. The Morgan fingerprint density at radius 2 is 1.88 bits per heavy atom. The van der Waals surface area contributed by atoms with E-state index in [-0.39, 0.29) is 34.0 Å². The van der Waals surface area contributed by atoms with Crippen LogP contribution in [0.1, 0.15) is 35.5 Å². The molecular weight excluding hydrogens is 437 g/mol. The Balaban J connectivity index is 1.56. The molecule has 7 nitrogen and oxygen atoms in total. The van der Waals surface area contributed by atoms with E-state index in [1.54, 1.807) is 17.9 Å². The van der Waals surface area contributed by atoms with Crippen LogP contribution in [0.2, 0.25) is 0 Å².